The summed E-state index contributed by atoms with van der Waals surface area (Å²) in [4.78, 5) is 12.2. The van der Waals surface area contributed by atoms with Crippen LogP contribution in [0.4, 0.5) is 5.69 Å². The molecule has 0 spiro atoms. The smallest absolute Gasteiger partial charge is 0.251 e. The number of aryl methyl sites for hydroxylation is 1. The summed E-state index contributed by atoms with van der Waals surface area (Å²) in [6.07, 6.45) is 0. The summed E-state index contributed by atoms with van der Waals surface area (Å²) in [5.41, 5.74) is 8.86. The predicted molar refractivity (Wildman–Crippen MR) is 82.9 cm³/mol. The minimum atomic E-state index is -0.164. The average molecular weight is 289 g/mol. The number of nitrogens with two attached hydrogens (primary N) is 1. The number of nitrogens with one attached hydrogen (secondary N) is 1. The van der Waals surface area contributed by atoms with E-state index in [-0.39, 0.29) is 11.9 Å². The molecular formula is C16H17ClN2O. The molecule has 0 saturated heterocycles. The molecule has 0 fully saturated rings. The molecule has 20 heavy (non-hydrogen) atoms. The van der Waals surface area contributed by atoms with Gasteiger partial charge in [0.2, 0.25) is 0 Å². The molecule has 2 rings (SSSR count). The van der Waals surface area contributed by atoms with Gasteiger partial charge in [-0.1, -0.05) is 41.4 Å². The van der Waals surface area contributed by atoms with Gasteiger partial charge in [0.05, 0.1) is 16.8 Å². The second kappa shape index (κ2) is 5.97. The lowest BCUT2D eigenvalue weighted by atomic mass is 10.1. The zero-order valence-corrected chi connectivity index (χ0v) is 12.2. The topological polar surface area (TPSA) is 55.1 Å². The van der Waals surface area contributed by atoms with Crippen molar-refractivity contribution in [2.75, 3.05) is 5.73 Å². The van der Waals surface area contributed by atoms with E-state index in [9.17, 15) is 4.79 Å². The normalized spacial score (nSPS) is 11.9. The van der Waals surface area contributed by atoms with Gasteiger partial charge >= 0.3 is 0 Å². The molecule has 2 aromatic carbocycles. The van der Waals surface area contributed by atoms with E-state index in [0.717, 1.165) is 5.56 Å². The molecule has 0 saturated carbocycles. The zero-order chi connectivity index (χ0) is 14.7. The van der Waals surface area contributed by atoms with Gasteiger partial charge in [-0.3, -0.25) is 4.79 Å². The summed E-state index contributed by atoms with van der Waals surface area (Å²) in [5.74, 6) is -0.164. The average Bonchev–Trinajstić information content (AvgIpc) is 2.41. The Labute approximate surface area is 123 Å². The first-order chi connectivity index (χ1) is 9.47. The lowest BCUT2D eigenvalue weighted by molar-refractivity contribution is 0.0940. The van der Waals surface area contributed by atoms with E-state index >= 15 is 0 Å². The SMILES string of the molecule is Cc1cccc([C@H](C)NC(=O)c2ccc(Cl)c(N)c2)c1. The Balaban J connectivity index is 2.13. The monoisotopic (exact) mass is 288 g/mol. The van der Waals surface area contributed by atoms with Crippen LogP contribution in [0.5, 0.6) is 0 Å². The lowest BCUT2D eigenvalue weighted by Crippen LogP contribution is -2.26. The molecule has 1 atom stereocenters. The summed E-state index contributed by atoms with van der Waals surface area (Å²) < 4.78 is 0. The Morgan fingerprint density at radius 3 is 2.65 bits per heavy atom. The van der Waals surface area contributed by atoms with Crippen LogP contribution in [0.1, 0.15) is 34.5 Å². The maximum atomic E-state index is 12.2. The molecule has 0 aliphatic rings. The van der Waals surface area contributed by atoms with Gasteiger partial charge in [0.25, 0.3) is 5.91 Å². The summed E-state index contributed by atoms with van der Waals surface area (Å²) in [6.45, 7) is 3.98. The maximum absolute atomic E-state index is 12.2. The second-order valence-corrected chi connectivity index (χ2v) is 5.25. The Bertz CT molecular complexity index is 640. The number of benzene rings is 2. The van der Waals surface area contributed by atoms with Gasteiger partial charge in [-0.15, -0.1) is 0 Å². The molecule has 3 nitrogen and oxygen atoms in total. The minimum absolute atomic E-state index is 0.0701. The quantitative estimate of drug-likeness (QED) is 0.846. The standard InChI is InChI=1S/C16H17ClN2O/c1-10-4-3-5-12(8-10)11(2)19-16(20)13-6-7-14(17)15(18)9-13/h3-9,11H,18H2,1-2H3,(H,19,20)/t11-/m0/s1. The fourth-order valence-electron chi connectivity index (χ4n) is 1.99. The summed E-state index contributed by atoms with van der Waals surface area (Å²) >= 11 is 5.85. The van der Waals surface area contributed by atoms with Crippen molar-refractivity contribution in [1.82, 2.24) is 5.32 Å². The van der Waals surface area contributed by atoms with Crippen molar-refractivity contribution >= 4 is 23.2 Å². The predicted octanol–water partition coefficient (Wildman–Crippen LogP) is 3.72. The van der Waals surface area contributed by atoms with Gasteiger partial charge in [-0.25, -0.2) is 0 Å². The minimum Gasteiger partial charge on any atom is -0.398 e. The van der Waals surface area contributed by atoms with Crippen molar-refractivity contribution in [1.29, 1.82) is 0 Å². The number of halogens is 1. The van der Waals surface area contributed by atoms with Crippen LogP contribution in [0.2, 0.25) is 5.02 Å². The van der Waals surface area contributed by atoms with Gasteiger partial charge in [0.15, 0.2) is 0 Å². The molecule has 0 heterocycles. The highest BCUT2D eigenvalue weighted by Crippen LogP contribution is 2.20. The van der Waals surface area contributed by atoms with Gasteiger partial charge in [0, 0.05) is 5.56 Å². The van der Waals surface area contributed by atoms with Crippen molar-refractivity contribution in [2.45, 2.75) is 19.9 Å². The van der Waals surface area contributed by atoms with Crippen LogP contribution in [-0.4, -0.2) is 5.91 Å². The van der Waals surface area contributed by atoms with Crippen molar-refractivity contribution in [3.05, 3.63) is 64.2 Å². The van der Waals surface area contributed by atoms with E-state index in [1.54, 1.807) is 18.2 Å². The maximum Gasteiger partial charge on any atom is 0.251 e. The van der Waals surface area contributed by atoms with Crippen molar-refractivity contribution in [2.24, 2.45) is 0 Å². The van der Waals surface area contributed by atoms with Gasteiger partial charge in [-0.05, 0) is 37.6 Å². The summed E-state index contributed by atoms with van der Waals surface area (Å²) in [5, 5.41) is 3.40. The van der Waals surface area contributed by atoms with Crippen LogP contribution in [0.15, 0.2) is 42.5 Å². The first-order valence-electron chi connectivity index (χ1n) is 6.40. The van der Waals surface area contributed by atoms with Crippen LogP contribution in [0.3, 0.4) is 0 Å². The number of nitrogen functional groups attached to an aromatic ring is 1. The first kappa shape index (κ1) is 14.4. The molecule has 104 valence electrons. The highest BCUT2D eigenvalue weighted by Gasteiger charge is 2.12. The zero-order valence-electron chi connectivity index (χ0n) is 11.5. The highest BCUT2D eigenvalue weighted by atomic mass is 35.5. The van der Waals surface area contributed by atoms with E-state index in [1.807, 2.05) is 32.0 Å². The third kappa shape index (κ3) is 3.31. The van der Waals surface area contributed by atoms with Crippen LogP contribution in [0, 0.1) is 6.92 Å². The fourth-order valence-corrected chi connectivity index (χ4v) is 2.11. The van der Waals surface area contributed by atoms with Crippen LogP contribution < -0.4 is 11.1 Å². The molecule has 0 bridgehead atoms. The number of hydrogen-bond acceptors (Lipinski definition) is 2. The molecule has 0 aromatic heterocycles. The van der Waals surface area contributed by atoms with Crippen molar-refractivity contribution in [3.8, 4) is 0 Å². The molecule has 0 unspecified atom stereocenters. The third-order valence-electron chi connectivity index (χ3n) is 3.15. The number of hydrogen-bond donors (Lipinski definition) is 2. The molecule has 0 aliphatic carbocycles. The van der Waals surface area contributed by atoms with E-state index in [1.165, 1.54) is 5.56 Å². The van der Waals surface area contributed by atoms with Crippen LogP contribution >= 0.6 is 11.6 Å². The van der Waals surface area contributed by atoms with E-state index in [0.29, 0.717) is 16.3 Å². The fraction of sp³-hybridized carbons (Fsp3) is 0.188. The first-order valence-corrected chi connectivity index (χ1v) is 6.77. The van der Waals surface area contributed by atoms with E-state index < -0.39 is 0 Å². The molecular weight excluding hydrogens is 272 g/mol. The second-order valence-electron chi connectivity index (χ2n) is 4.85. The molecule has 4 heteroatoms. The Kier molecular flexibility index (Phi) is 4.30. The van der Waals surface area contributed by atoms with Crippen molar-refractivity contribution < 1.29 is 4.79 Å². The number of amides is 1. The third-order valence-corrected chi connectivity index (χ3v) is 3.49. The van der Waals surface area contributed by atoms with E-state index in [4.69, 9.17) is 17.3 Å². The number of carbonyl (C=O) groups is 1. The molecule has 3 N–H and O–H groups in total. The van der Waals surface area contributed by atoms with E-state index in [2.05, 4.69) is 11.4 Å². The Morgan fingerprint density at radius 1 is 1.25 bits per heavy atom. The molecule has 1 amide bonds. The van der Waals surface area contributed by atoms with Crippen LogP contribution in [0.25, 0.3) is 0 Å². The number of anilines is 1. The molecule has 2 aromatic rings. The summed E-state index contributed by atoms with van der Waals surface area (Å²) in [6, 6.07) is 12.9. The largest absolute Gasteiger partial charge is 0.398 e. The highest BCUT2D eigenvalue weighted by molar-refractivity contribution is 6.33. The van der Waals surface area contributed by atoms with Gasteiger partial charge in [0.1, 0.15) is 0 Å². The molecule has 0 aliphatic heterocycles. The van der Waals surface area contributed by atoms with Gasteiger partial charge < -0.3 is 11.1 Å². The molecule has 0 radical (unpaired) electrons. The van der Waals surface area contributed by atoms with Crippen molar-refractivity contribution in [3.63, 3.8) is 0 Å². The number of carbonyl (C=O) groups excluding carboxylic acids is 1. The van der Waals surface area contributed by atoms with Gasteiger partial charge in [-0.2, -0.15) is 0 Å². The Morgan fingerprint density at radius 2 is 2.00 bits per heavy atom. The lowest BCUT2D eigenvalue weighted by Gasteiger charge is -2.15. The Hall–Kier alpha value is -2.00. The summed E-state index contributed by atoms with van der Waals surface area (Å²) in [7, 11) is 0. The van der Waals surface area contributed by atoms with Crippen LogP contribution in [-0.2, 0) is 0 Å². The number of rotatable bonds is 3.